The molecule has 6 heteroatoms. The second kappa shape index (κ2) is 7.06. The topological polar surface area (TPSA) is 49.9 Å². The lowest BCUT2D eigenvalue weighted by atomic mass is 10.2. The zero-order chi connectivity index (χ0) is 15.2. The van der Waals surface area contributed by atoms with Gasteiger partial charge in [-0.05, 0) is 30.7 Å². The van der Waals surface area contributed by atoms with Crippen LogP contribution >= 0.6 is 0 Å². The van der Waals surface area contributed by atoms with Gasteiger partial charge in [-0.15, -0.1) is 0 Å². The molecule has 1 aliphatic heterocycles. The minimum absolute atomic E-state index is 0.0904. The number of hydrogen-bond donors (Lipinski definition) is 0. The number of piperazine rings is 1. The summed E-state index contributed by atoms with van der Waals surface area (Å²) < 4.78 is 18.5. The molecular weight excluding hydrogens is 275 g/mol. The molecule has 1 saturated heterocycles. The van der Waals surface area contributed by atoms with Gasteiger partial charge in [0.1, 0.15) is 11.6 Å². The number of halogens is 1. The maximum Gasteiger partial charge on any atom is 0.263 e. The normalized spacial score (nSPS) is 16.5. The maximum absolute atomic E-state index is 12.9. The largest absolute Gasteiger partial charge is 0.481 e. The Morgan fingerprint density at radius 3 is 2.43 bits per heavy atom. The van der Waals surface area contributed by atoms with Crippen molar-refractivity contribution < 1.29 is 18.7 Å². The van der Waals surface area contributed by atoms with E-state index in [4.69, 9.17) is 4.74 Å². The Bertz CT molecular complexity index is 484. The third-order valence-electron chi connectivity index (χ3n) is 3.51. The molecule has 1 heterocycles. The fraction of sp³-hybridized carbons (Fsp3) is 0.467. The van der Waals surface area contributed by atoms with Crippen molar-refractivity contribution in [2.45, 2.75) is 19.4 Å². The van der Waals surface area contributed by atoms with Crippen LogP contribution < -0.4 is 4.74 Å². The van der Waals surface area contributed by atoms with Crippen molar-refractivity contribution >= 4 is 12.3 Å². The van der Waals surface area contributed by atoms with Crippen molar-refractivity contribution in [2.75, 3.05) is 26.2 Å². The van der Waals surface area contributed by atoms with Gasteiger partial charge < -0.3 is 14.5 Å². The van der Waals surface area contributed by atoms with E-state index in [0.29, 0.717) is 38.3 Å². The van der Waals surface area contributed by atoms with Crippen LogP contribution in [0.5, 0.6) is 5.75 Å². The molecule has 0 aromatic heterocycles. The second-order valence-electron chi connectivity index (χ2n) is 4.94. The number of benzene rings is 1. The Morgan fingerprint density at radius 2 is 1.90 bits per heavy atom. The van der Waals surface area contributed by atoms with Gasteiger partial charge in [0, 0.05) is 26.2 Å². The Labute approximate surface area is 123 Å². The SMILES string of the molecule is CCC(Oc1ccc(F)cc1)C(=O)N1CCN(C=O)CC1. The highest BCUT2D eigenvalue weighted by atomic mass is 19.1. The second-order valence-corrected chi connectivity index (χ2v) is 4.94. The Morgan fingerprint density at radius 1 is 1.29 bits per heavy atom. The first-order valence-electron chi connectivity index (χ1n) is 7.04. The highest BCUT2D eigenvalue weighted by Gasteiger charge is 2.27. The molecule has 0 N–H and O–H groups in total. The summed E-state index contributed by atoms with van der Waals surface area (Å²) in [6, 6.07) is 5.62. The molecule has 1 fully saturated rings. The molecular formula is C15H19FN2O3. The number of hydrogen-bond acceptors (Lipinski definition) is 3. The van der Waals surface area contributed by atoms with Gasteiger partial charge in [0.25, 0.3) is 5.91 Å². The summed E-state index contributed by atoms with van der Waals surface area (Å²) in [4.78, 5) is 26.4. The van der Waals surface area contributed by atoms with E-state index in [1.807, 2.05) is 6.92 Å². The lowest BCUT2D eigenvalue weighted by Gasteiger charge is -2.34. The summed E-state index contributed by atoms with van der Waals surface area (Å²) in [5.41, 5.74) is 0. The summed E-state index contributed by atoms with van der Waals surface area (Å²) >= 11 is 0. The highest BCUT2D eigenvalue weighted by Crippen LogP contribution is 2.16. The lowest BCUT2D eigenvalue weighted by Crippen LogP contribution is -2.51. The summed E-state index contributed by atoms with van der Waals surface area (Å²) in [6.07, 6.45) is 0.747. The van der Waals surface area contributed by atoms with Gasteiger partial charge in [-0.3, -0.25) is 9.59 Å². The zero-order valence-electron chi connectivity index (χ0n) is 12.0. The molecule has 1 aliphatic rings. The number of amides is 2. The maximum atomic E-state index is 12.9. The van der Waals surface area contributed by atoms with Crippen LogP contribution in [-0.4, -0.2) is 54.4 Å². The van der Waals surface area contributed by atoms with Gasteiger partial charge in [0.05, 0.1) is 0 Å². The van der Waals surface area contributed by atoms with E-state index >= 15 is 0 Å². The standard InChI is InChI=1S/C15H19FN2O3/c1-2-14(21-13-5-3-12(16)4-6-13)15(20)18-9-7-17(11-19)8-10-18/h3-6,11,14H,2,7-10H2,1H3. The fourth-order valence-corrected chi connectivity index (χ4v) is 2.24. The minimum Gasteiger partial charge on any atom is -0.481 e. The van der Waals surface area contributed by atoms with Crippen LogP contribution in [0.4, 0.5) is 4.39 Å². The molecule has 0 spiro atoms. The molecule has 1 atom stereocenters. The van der Waals surface area contributed by atoms with Crippen LogP contribution in [-0.2, 0) is 9.59 Å². The first-order chi connectivity index (χ1) is 10.1. The smallest absolute Gasteiger partial charge is 0.263 e. The van der Waals surface area contributed by atoms with E-state index in [-0.39, 0.29) is 11.7 Å². The van der Waals surface area contributed by atoms with Crippen LogP contribution in [0, 0.1) is 5.82 Å². The van der Waals surface area contributed by atoms with E-state index in [9.17, 15) is 14.0 Å². The Balaban J connectivity index is 1.95. The minimum atomic E-state index is -0.585. The molecule has 21 heavy (non-hydrogen) atoms. The van der Waals surface area contributed by atoms with Crippen LogP contribution in [0.2, 0.25) is 0 Å². The van der Waals surface area contributed by atoms with E-state index in [0.717, 1.165) is 6.41 Å². The lowest BCUT2D eigenvalue weighted by molar-refractivity contribution is -0.142. The highest BCUT2D eigenvalue weighted by molar-refractivity contribution is 5.81. The fourth-order valence-electron chi connectivity index (χ4n) is 2.24. The zero-order valence-corrected chi connectivity index (χ0v) is 12.0. The van der Waals surface area contributed by atoms with Gasteiger partial charge in [0.15, 0.2) is 6.10 Å². The van der Waals surface area contributed by atoms with Crippen LogP contribution in [0.15, 0.2) is 24.3 Å². The third kappa shape index (κ3) is 3.93. The monoisotopic (exact) mass is 294 g/mol. The van der Waals surface area contributed by atoms with E-state index in [2.05, 4.69) is 0 Å². The quantitative estimate of drug-likeness (QED) is 0.769. The van der Waals surface area contributed by atoms with Gasteiger partial charge in [-0.1, -0.05) is 6.92 Å². The van der Waals surface area contributed by atoms with Gasteiger partial charge in [-0.2, -0.15) is 0 Å². The van der Waals surface area contributed by atoms with Gasteiger partial charge in [-0.25, -0.2) is 4.39 Å². The van der Waals surface area contributed by atoms with E-state index < -0.39 is 6.10 Å². The van der Waals surface area contributed by atoms with Crippen molar-refractivity contribution in [3.05, 3.63) is 30.1 Å². The molecule has 2 amide bonds. The number of rotatable bonds is 5. The summed E-state index contributed by atoms with van der Waals surface area (Å²) in [6.45, 7) is 3.99. The summed E-state index contributed by atoms with van der Waals surface area (Å²) in [5.74, 6) is 0.0437. The average molecular weight is 294 g/mol. The molecule has 0 saturated carbocycles. The first kappa shape index (κ1) is 15.3. The molecule has 1 aromatic rings. The number of carbonyl (C=O) groups excluding carboxylic acids is 2. The molecule has 0 radical (unpaired) electrons. The molecule has 0 bridgehead atoms. The molecule has 5 nitrogen and oxygen atoms in total. The molecule has 1 aromatic carbocycles. The summed E-state index contributed by atoms with van der Waals surface area (Å²) in [7, 11) is 0. The van der Waals surface area contributed by atoms with Crippen LogP contribution in [0.1, 0.15) is 13.3 Å². The van der Waals surface area contributed by atoms with E-state index in [1.54, 1.807) is 9.80 Å². The predicted octanol–water partition coefficient (Wildman–Crippen LogP) is 1.28. The van der Waals surface area contributed by atoms with Gasteiger partial charge >= 0.3 is 0 Å². The van der Waals surface area contributed by atoms with Crippen molar-refractivity contribution in [2.24, 2.45) is 0 Å². The Hall–Kier alpha value is -2.11. The van der Waals surface area contributed by atoms with Crippen molar-refractivity contribution in [3.8, 4) is 5.75 Å². The van der Waals surface area contributed by atoms with Crippen LogP contribution in [0.25, 0.3) is 0 Å². The molecule has 0 aliphatic carbocycles. The summed E-state index contributed by atoms with van der Waals surface area (Å²) in [5, 5.41) is 0. The van der Waals surface area contributed by atoms with Crippen molar-refractivity contribution in [1.29, 1.82) is 0 Å². The molecule has 1 unspecified atom stereocenters. The van der Waals surface area contributed by atoms with Gasteiger partial charge in [0.2, 0.25) is 6.41 Å². The van der Waals surface area contributed by atoms with Crippen LogP contribution in [0.3, 0.4) is 0 Å². The number of ether oxygens (including phenoxy) is 1. The predicted molar refractivity (Wildman–Crippen MR) is 75.3 cm³/mol. The van der Waals surface area contributed by atoms with Crippen molar-refractivity contribution in [1.82, 2.24) is 9.80 Å². The van der Waals surface area contributed by atoms with Crippen molar-refractivity contribution in [3.63, 3.8) is 0 Å². The number of nitrogens with zero attached hydrogens (tertiary/aromatic N) is 2. The Kier molecular flexibility index (Phi) is 5.14. The molecule has 2 rings (SSSR count). The first-order valence-corrected chi connectivity index (χ1v) is 7.04. The number of carbonyl (C=O) groups is 2. The third-order valence-corrected chi connectivity index (χ3v) is 3.51. The molecule has 114 valence electrons. The average Bonchev–Trinajstić information content (AvgIpc) is 2.54. The van der Waals surface area contributed by atoms with E-state index in [1.165, 1.54) is 24.3 Å².